The van der Waals surface area contributed by atoms with Crippen LogP contribution in [0.25, 0.3) is 0 Å². The van der Waals surface area contributed by atoms with Gasteiger partial charge in [0.2, 0.25) is 0 Å². The van der Waals surface area contributed by atoms with Crippen molar-refractivity contribution in [3.8, 4) is 0 Å². The van der Waals surface area contributed by atoms with Crippen LogP contribution in [0.4, 0.5) is 11.5 Å². The largest absolute Gasteiger partial charge is 0.395 e. The molecule has 2 aromatic carbocycles. The molecule has 168 valence electrons. The normalized spacial score (nSPS) is 16.9. The second-order valence-electron chi connectivity index (χ2n) is 7.79. The van der Waals surface area contributed by atoms with Crippen molar-refractivity contribution in [3.05, 3.63) is 87.0 Å². The second kappa shape index (κ2) is 10.7. The number of pyridine rings is 1. The minimum atomic E-state index is 0.0808. The molecule has 32 heavy (non-hydrogen) atoms. The molecule has 5 nitrogen and oxygen atoms in total. The van der Waals surface area contributed by atoms with Crippen molar-refractivity contribution in [1.29, 1.82) is 0 Å². The van der Waals surface area contributed by atoms with Crippen molar-refractivity contribution < 1.29 is 5.11 Å². The lowest BCUT2D eigenvalue weighted by molar-refractivity contribution is 0.215. The van der Waals surface area contributed by atoms with Crippen molar-refractivity contribution in [1.82, 2.24) is 9.88 Å². The number of nitrogens with zero attached hydrogens (tertiary/aromatic N) is 3. The van der Waals surface area contributed by atoms with Gasteiger partial charge in [-0.2, -0.15) is 0 Å². The number of halogens is 3. The minimum absolute atomic E-state index is 0.0808. The molecule has 0 radical (unpaired) electrons. The van der Waals surface area contributed by atoms with Gasteiger partial charge >= 0.3 is 0 Å². The smallest absolute Gasteiger partial charge is 0.125 e. The molecular formula is C24H25Cl3N4O. The molecule has 1 aliphatic heterocycles. The van der Waals surface area contributed by atoms with Gasteiger partial charge in [-0.3, -0.25) is 4.90 Å². The first-order chi connectivity index (χ1) is 15.5. The lowest BCUT2D eigenvalue weighted by atomic mass is 10.0. The third kappa shape index (κ3) is 5.66. The molecule has 0 saturated carbocycles. The summed E-state index contributed by atoms with van der Waals surface area (Å²) in [5, 5.41) is 14.0. The van der Waals surface area contributed by atoms with Crippen molar-refractivity contribution in [2.24, 2.45) is 0 Å². The van der Waals surface area contributed by atoms with Gasteiger partial charge in [-0.25, -0.2) is 4.98 Å². The van der Waals surface area contributed by atoms with Gasteiger partial charge in [0.15, 0.2) is 0 Å². The molecule has 8 heteroatoms. The van der Waals surface area contributed by atoms with Crippen molar-refractivity contribution in [2.75, 3.05) is 43.0 Å². The van der Waals surface area contributed by atoms with Crippen LogP contribution in [0.1, 0.15) is 17.2 Å². The predicted molar refractivity (Wildman–Crippen MR) is 133 cm³/mol. The van der Waals surface area contributed by atoms with E-state index in [1.54, 1.807) is 6.07 Å². The van der Waals surface area contributed by atoms with Crippen LogP contribution in [0.3, 0.4) is 0 Å². The number of hydrogen-bond acceptors (Lipinski definition) is 5. The molecule has 1 saturated heterocycles. The first-order valence-corrected chi connectivity index (χ1v) is 11.7. The third-order valence-corrected chi connectivity index (χ3v) is 6.38. The maximum Gasteiger partial charge on any atom is 0.125 e. The highest BCUT2D eigenvalue weighted by molar-refractivity contribution is 6.36. The maximum atomic E-state index is 8.94. The number of rotatable bonds is 7. The van der Waals surface area contributed by atoms with E-state index in [-0.39, 0.29) is 12.6 Å². The van der Waals surface area contributed by atoms with E-state index in [9.17, 15) is 0 Å². The summed E-state index contributed by atoms with van der Waals surface area (Å²) in [6.07, 6.45) is 1.89. The summed E-state index contributed by atoms with van der Waals surface area (Å²) in [4.78, 5) is 9.22. The fraction of sp³-hybridized carbons (Fsp3) is 0.292. The number of aliphatic hydroxyl groups excluding tert-OH is 1. The van der Waals surface area contributed by atoms with Gasteiger partial charge in [-0.1, -0.05) is 53.0 Å². The Kier molecular flexibility index (Phi) is 7.76. The van der Waals surface area contributed by atoms with Gasteiger partial charge in [0, 0.05) is 49.0 Å². The van der Waals surface area contributed by atoms with E-state index in [1.807, 2.05) is 36.5 Å². The van der Waals surface area contributed by atoms with Crippen LogP contribution in [0.15, 0.2) is 60.8 Å². The van der Waals surface area contributed by atoms with Crippen LogP contribution in [-0.2, 0) is 6.54 Å². The van der Waals surface area contributed by atoms with Gasteiger partial charge in [0.05, 0.1) is 23.4 Å². The molecule has 2 heterocycles. The molecule has 2 N–H and O–H groups in total. The second-order valence-corrected chi connectivity index (χ2v) is 9.07. The molecule has 1 unspecified atom stereocenters. The standard InChI is InChI=1S/C24H25Cl3N4O/c25-19-4-2-18(3-5-19)23-16-30(15-17-1-8-24(29-14-17)28-9-12-32)10-11-31(23)22-7-6-20(26)13-21(22)27/h1-8,13-14,23,32H,9-12,15-16H2,(H,28,29). The summed E-state index contributed by atoms with van der Waals surface area (Å²) in [5.74, 6) is 0.768. The first kappa shape index (κ1) is 23.1. The Labute approximate surface area is 203 Å². The molecule has 0 aliphatic carbocycles. The zero-order chi connectivity index (χ0) is 22.5. The van der Waals surface area contributed by atoms with Crippen LogP contribution in [0.5, 0.6) is 0 Å². The summed E-state index contributed by atoms with van der Waals surface area (Å²) in [5.41, 5.74) is 3.32. The first-order valence-electron chi connectivity index (χ1n) is 10.5. The number of nitrogens with one attached hydrogen (secondary N) is 1. The fourth-order valence-electron chi connectivity index (χ4n) is 4.02. The summed E-state index contributed by atoms with van der Waals surface area (Å²) in [7, 11) is 0. The number of aliphatic hydroxyl groups is 1. The molecule has 0 bridgehead atoms. The maximum absolute atomic E-state index is 8.94. The Hall–Kier alpha value is -2.02. The van der Waals surface area contributed by atoms with Crippen LogP contribution in [0, 0.1) is 0 Å². The highest BCUT2D eigenvalue weighted by atomic mass is 35.5. The van der Waals surface area contributed by atoms with Gasteiger partial charge in [0.25, 0.3) is 0 Å². The van der Waals surface area contributed by atoms with Gasteiger partial charge < -0.3 is 15.3 Å². The minimum Gasteiger partial charge on any atom is -0.395 e. The molecule has 1 aliphatic rings. The lowest BCUT2D eigenvalue weighted by Crippen LogP contribution is -2.48. The number of aromatic nitrogens is 1. The molecule has 3 aromatic rings. The van der Waals surface area contributed by atoms with E-state index < -0.39 is 0 Å². The van der Waals surface area contributed by atoms with Gasteiger partial charge in [-0.15, -0.1) is 0 Å². The Balaban J connectivity index is 1.54. The fourth-order valence-corrected chi connectivity index (χ4v) is 4.66. The van der Waals surface area contributed by atoms with Crippen molar-refractivity contribution in [3.63, 3.8) is 0 Å². The van der Waals surface area contributed by atoms with Crippen LogP contribution in [-0.4, -0.2) is 47.8 Å². The van der Waals surface area contributed by atoms with Crippen LogP contribution >= 0.6 is 34.8 Å². The van der Waals surface area contributed by atoms with Crippen molar-refractivity contribution >= 4 is 46.3 Å². The number of hydrogen-bond donors (Lipinski definition) is 2. The molecule has 1 aromatic heterocycles. The average Bonchev–Trinajstić information content (AvgIpc) is 2.79. The SMILES string of the molecule is OCCNc1ccc(CN2CCN(c3ccc(Cl)cc3Cl)C(c3ccc(Cl)cc3)C2)cn1. The number of anilines is 2. The molecule has 4 rings (SSSR count). The lowest BCUT2D eigenvalue weighted by Gasteiger charge is -2.43. The highest BCUT2D eigenvalue weighted by Crippen LogP contribution is 2.37. The van der Waals surface area contributed by atoms with Gasteiger partial charge in [-0.05, 0) is 47.5 Å². The zero-order valence-electron chi connectivity index (χ0n) is 17.5. The monoisotopic (exact) mass is 490 g/mol. The zero-order valence-corrected chi connectivity index (χ0v) is 19.8. The Morgan fingerprint density at radius 3 is 2.44 bits per heavy atom. The van der Waals surface area contributed by atoms with Crippen molar-refractivity contribution in [2.45, 2.75) is 12.6 Å². The molecule has 0 spiro atoms. The predicted octanol–water partition coefficient (Wildman–Crippen LogP) is 5.51. The Morgan fingerprint density at radius 2 is 1.75 bits per heavy atom. The summed E-state index contributed by atoms with van der Waals surface area (Å²) >= 11 is 18.8. The molecular weight excluding hydrogens is 467 g/mol. The summed E-state index contributed by atoms with van der Waals surface area (Å²) in [6, 6.07) is 17.8. The summed E-state index contributed by atoms with van der Waals surface area (Å²) in [6.45, 7) is 3.94. The van der Waals surface area contributed by atoms with E-state index in [4.69, 9.17) is 39.9 Å². The van der Waals surface area contributed by atoms with E-state index in [0.29, 0.717) is 16.6 Å². The number of piperazine rings is 1. The molecule has 1 fully saturated rings. The van der Waals surface area contributed by atoms with Crippen LogP contribution < -0.4 is 10.2 Å². The molecule has 0 amide bonds. The number of benzene rings is 2. The Bertz CT molecular complexity index is 1030. The third-order valence-electron chi connectivity index (χ3n) is 5.59. The van der Waals surface area contributed by atoms with E-state index in [2.05, 4.69) is 38.3 Å². The van der Waals surface area contributed by atoms with Gasteiger partial charge in [0.1, 0.15) is 5.82 Å². The molecule has 1 atom stereocenters. The van der Waals surface area contributed by atoms with Crippen LogP contribution in [0.2, 0.25) is 15.1 Å². The topological polar surface area (TPSA) is 51.6 Å². The summed E-state index contributed by atoms with van der Waals surface area (Å²) < 4.78 is 0. The van der Waals surface area contributed by atoms with E-state index >= 15 is 0 Å². The Morgan fingerprint density at radius 1 is 0.969 bits per heavy atom. The average molecular weight is 492 g/mol. The quantitative estimate of drug-likeness (QED) is 0.456. The highest BCUT2D eigenvalue weighted by Gasteiger charge is 2.29. The van der Waals surface area contributed by atoms with E-state index in [1.165, 1.54) is 5.56 Å². The van der Waals surface area contributed by atoms with E-state index in [0.717, 1.165) is 48.3 Å².